The summed E-state index contributed by atoms with van der Waals surface area (Å²) in [5.41, 5.74) is 6.70. The Bertz CT molecular complexity index is 541. The maximum Gasteiger partial charge on any atom is 0.471 e. The molecule has 20 heavy (non-hydrogen) atoms. The van der Waals surface area contributed by atoms with Gasteiger partial charge in [0.1, 0.15) is 5.75 Å². The number of benzene rings is 1. The fraction of sp³-hybridized carbons (Fsp3) is 0.462. The number of rotatable bonds is 1. The molecule has 1 aromatic rings. The van der Waals surface area contributed by atoms with Crippen molar-refractivity contribution in [1.29, 1.82) is 0 Å². The Balaban J connectivity index is 2.49. The van der Waals surface area contributed by atoms with Crippen molar-refractivity contribution in [3.05, 3.63) is 23.3 Å². The number of carbonyl (C=O) groups excluding carboxylic acids is 1. The monoisotopic (exact) mass is 288 g/mol. The number of nitrogens with two attached hydrogens (primary N) is 1. The maximum absolute atomic E-state index is 12.6. The molecule has 2 rings (SSSR count). The van der Waals surface area contributed by atoms with E-state index in [1.807, 2.05) is 0 Å². The highest BCUT2D eigenvalue weighted by atomic mass is 19.4. The van der Waals surface area contributed by atoms with Gasteiger partial charge in [-0.25, -0.2) is 0 Å². The van der Waals surface area contributed by atoms with Gasteiger partial charge in [0.05, 0.1) is 0 Å². The summed E-state index contributed by atoms with van der Waals surface area (Å²) >= 11 is 0. The zero-order valence-electron chi connectivity index (χ0n) is 10.9. The van der Waals surface area contributed by atoms with Crippen molar-refractivity contribution in [1.82, 2.24) is 0 Å². The van der Waals surface area contributed by atoms with Crippen LogP contribution in [0.25, 0.3) is 0 Å². The zero-order chi connectivity index (χ0) is 15.1. The molecule has 0 saturated heterocycles. The molecule has 0 bridgehead atoms. The third-order valence-corrected chi connectivity index (χ3v) is 3.32. The molecular weight excluding hydrogens is 273 g/mol. The molecule has 0 aliphatic carbocycles. The second-order valence-electron chi connectivity index (χ2n) is 4.89. The van der Waals surface area contributed by atoms with Gasteiger partial charge in [0.15, 0.2) is 0 Å². The van der Waals surface area contributed by atoms with Crippen LogP contribution in [0.5, 0.6) is 5.75 Å². The van der Waals surface area contributed by atoms with Crippen LogP contribution in [0.3, 0.4) is 0 Å². The fourth-order valence-corrected chi connectivity index (χ4v) is 2.36. The predicted molar refractivity (Wildman–Crippen MR) is 67.4 cm³/mol. The number of carbonyl (C=O) groups is 1. The van der Waals surface area contributed by atoms with Gasteiger partial charge in [-0.1, -0.05) is 0 Å². The first-order valence-corrected chi connectivity index (χ1v) is 6.22. The summed E-state index contributed by atoms with van der Waals surface area (Å²) in [7, 11) is 0. The Morgan fingerprint density at radius 2 is 2.10 bits per heavy atom. The SMILES string of the molecule is C[C@H](N)c1cc2c(cc1O)CCCN2C(=O)C(F)(F)F. The first kappa shape index (κ1) is 14.6. The largest absolute Gasteiger partial charge is 0.508 e. The molecule has 0 aromatic heterocycles. The molecule has 1 amide bonds. The molecule has 3 N–H and O–H groups in total. The van der Waals surface area contributed by atoms with E-state index in [0.29, 0.717) is 28.9 Å². The highest BCUT2D eigenvalue weighted by Crippen LogP contribution is 2.36. The fourth-order valence-electron chi connectivity index (χ4n) is 2.36. The zero-order valence-corrected chi connectivity index (χ0v) is 10.9. The molecule has 0 fully saturated rings. The van der Waals surface area contributed by atoms with Crippen LogP contribution < -0.4 is 10.6 Å². The lowest BCUT2D eigenvalue weighted by Gasteiger charge is -2.31. The molecule has 4 nitrogen and oxygen atoms in total. The van der Waals surface area contributed by atoms with Crippen molar-refractivity contribution in [3.63, 3.8) is 0 Å². The Labute approximate surface area is 114 Å². The molecule has 7 heteroatoms. The van der Waals surface area contributed by atoms with E-state index in [0.717, 1.165) is 0 Å². The molecule has 110 valence electrons. The number of alkyl halides is 3. The lowest BCUT2D eigenvalue weighted by Crippen LogP contribution is -2.44. The first-order valence-electron chi connectivity index (χ1n) is 6.22. The lowest BCUT2D eigenvalue weighted by atomic mass is 9.96. The third kappa shape index (κ3) is 2.58. The minimum atomic E-state index is -4.92. The number of halogens is 3. The van der Waals surface area contributed by atoms with Crippen LogP contribution in [-0.4, -0.2) is 23.7 Å². The highest BCUT2D eigenvalue weighted by Gasteiger charge is 2.44. The normalized spacial score (nSPS) is 16.8. The summed E-state index contributed by atoms with van der Waals surface area (Å²) in [5, 5.41) is 9.82. The molecule has 1 aromatic carbocycles. The summed E-state index contributed by atoms with van der Waals surface area (Å²) in [4.78, 5) is 12.2. The summed E-state index contributed by atoms with van der Waals surface area (Å²) < 4.78 is 37.8. The van der Waals surface area contributed by atoms with Crippen molar-refractivity contribution in [2.24, 2.45) is 5.73 Å². The molecule has 1 aliphatic heterocycles. The number of amides is 1. The number of phenolic OH excluding ortho intramolecular Hbond substituents is 1. The average molecular weight is 288 g/mol. The van der Waals surface area contributed by atoms with E-state index in [4.69, 9.17) is 5.73 Å². The van der Waals surface area contributed by atoms with E-state index >= 15 is 0 Å². The molecule has 1 aliphatic rings. The molecule has 0 saturated carbocycles. The van der Waals surface area contributed by atoms with E-state index in [2.05, 4.69) is 0 Å². The summed E-state index contributed by atoms with van der Waals surface area (Å²) in [6.45, 7) is 1.62. The number of phenols is 1. The standard InChI is InChI=1S/C13H15F3N2O2/c1-7(17)9-6-10-8(5-11(9)19)3-2-4-18(10)12(20)13(14,15)16/h5-7,19H,2-4,17H2,1H3/t7-/m0/s1. The minimum absolute atomic E-state index is 0.00844. The van der Waals surface area contributed by atoms with Crippen LogP contribution >= 0.6 is 0 Å². The number of hydrogen-bond donors (Lipinski definition) is 2. The average Bonchev–Trinajstić information content (AvgIpc) is 2.34. The van der Waals surface area contributed by atoms with Crippen molar-refractivity contribution < 1.29 is 23.1 Å². The molecular formula is C13H15F3N2O2. The topological polar surface area (TPSA) is 66.6 Å². The van der Waals surface area contributed by atoms with Crippen LogP contribution in [0, 0.1) is 0 Å². The lowest BCUT2D eigenvalue weighted by molar-refractivity contribution is -0.170. The summed E-state index contributed by atoms with van der Waals surface area (Å²) in [5.74, 6) is -1.94. The second-order valence-corrected chi connectivity index (χ2v) is 4.89. The van der Waals surface area contributed by atoms with E-state index < -0.39 is 18.1 Å². The quantitative estimate of drug-likeness (QED) is 0.833. The van der Waals surface area contributed by atoms with Gasteiger partial charge >= 0.3 is 12.1 Å². The van der Waals surface area contributed by atoms with Crippen LogP contribution in [0.15, 0.2) is 12.1 Å². The second kappa shape index (κ2) is 4.97. The van der Waals surface area contributed by atoms with E-state index in [1.54, 1.807) is 6.92 Å². The summed E-state index contributed by atoms with van der Waals surface area (Å²) in [6.07, 6.45) is -3.98. The van der Waals surface area contributed by atoms with Gasteiger partial charge in [-0.15, -0.1) is 0 Å². The Morgan fingerprint density at radius 3 is 2.65 bits per heavy atom. The summed E-state index contributed by atoms with van der Waals surface area (Å²) in [6, 6.07) is 2.23. The molecule has 0 radical (unpaired) electrons. The van der Waals surface area contributed by atoms with Crippen LogP contribution in [0.1, 0.15) is 30.5 Å². The number of anilines is 1. The highest BCUT2D eigenvalue weighted by molar-refractivity contribution is 5.98. The van der Waals surface area contributed by atoms with Gasteiger partial charge in [-0.05, 0) is 37.5 Å². The van der Waals surface area contributed by atoms with Gasteiger partial charge < -0.3 is 15.7 Å². The predicted octanol–water partition coefficient (Wildman–Crippen LogP) is 2.25. The number of fused-ring (bicyclic) bond motifs is 1. The van der Waals surface area contributed by atoms with E-state index in [-0.39, 0.29) is 18.0 Å². The molecule has 0 unspecified atom stereocenters. The van der Waals surface area contributed by atoms with Gasteiger partial charge in [-0.3, -0.25) is 4.79 Å². The van der Waals surface area contributed by atoms with Crippen molar-refractivity contribution in [2.75, 3.05) is 11.4 Å². The Kier molecular flexibility index (Phi) is 3.64. The van der Waals surface area contributed by atoms with Crippen molar-refractivity contribution >= 4 is 11.6 Å². The van der Waals surface area contributed by atoms with Crippen LogP contribution in [0.4, 0.5) is 18.9 Å². The van der Waals surface area contributed by atoms with Crippen molar-refractivity contribution in [3.8, 4) is 5.75 Å². The number of aryl methyl sites for hydroxylation is 1. The Hall–Kier alpha value is -1.76. The number of aromatic hydroxyl groups is 1. The van der Waals surface area contributed by atoms with Gasteiger partial charge in [-0.2, -0.15) is 13.2 Å². The van der Waals surface area contributed by atoms with E-state index in [9.17, 15) is 23.1 Å². The molecule has 1 atom stereocenters. The van der Waals surface area contributed by atoms with Crippen LogP contribution in [-0.2, 0) is 11.2 Å². The molecule has 0 spiro atoms. The third-order valence-electron chi connectivity index (χ3n) is 3.32. The van der Waals surface area contributed by atoms with Gasteiger partial charge in [0.2, 0.25) is 0 Å². The minimum Gasteiger partial charge on any atom is -0.508 e. The number of nitrogens with zero attached hydrogens (tertiary/aromatic N) is 1. The van der Waals surface area contributed by atoms with Crippen molar-refractivity contribution in [2.45, 2.75) is 32.0 Å². The van der Waals surface area contributed by atoms with Gasteiger partial charge in [0.25, 0.3) is 0 Å². The van der Waals surface area contributed by atoms with Crippen LogP contribution in [0.2, 0.25) is 0 Å². The Morgan fingerprint density at radius 1 is 1.45 bits per heavy atom. The number of hydrogen-bond acceptors (Lipinski definition) is 3. The maximum atomic E-state index is 12.6. The van der Waals surface area contributed by atoms with Gasteiger partial charge in [0, 0.05) is 23.8 Å². The van der Waals surface area contributed by atoms with E-state index in [1.165, 1.54) is 12.1 Å². The molecule has 1 heterocycles. The smallest absolute Gasteiger partial charge is 0.471 e. The first-order chi connectivity index (χ1) is 9.21.